The third-order valence-electron chi connectivity index (χ3n) is 4.71. The Morgan fingerprint density at radius 3 is 2.73 bits per heavy atom. The molecule has 1 saturated carbocycles. The Morgan fingerprint density at radius 1 is 1.40 bits per heavy atom. The first-order chi connectivity index (χ1) is 7.05. The molecule has 1 aliphatic heterocycles. The monoisotopic (exact) mass is 210 g/mol. The fourth-order valence-corrected chi connectivity index (χ4v) is 3.43. The molecule has 1 amide bonds. The van der Waals surface area contributed by atoms with Crippen molar-refractivity contribution < 1.29 is 4.79 Å². The van der Waals surface area contributed by atoms with Crippen LogP contribution in [0.3, 0.4) is 0 Å². The van der Waals surface area contributed by atoms with Crippen LogP contribution in [-0.4, -0.2) is 19.0 Å². The van der Waals surface area contributed by atoms with Crippen LogP contribution in [0.25, 0.3) is 0 Å². The van der Waals surface area contributed by atoms with E-state index in [4.69, 9.17) is 5.73 Å². The van der Waals surface area contributed by atoms with Crippen LogP contribution in [0, 0.1) is 23.2 Å². The van der Waals surface area contributed by atoms with Crippen molar-refractivity contribution in [1.29, 1.82) is 0 Å². The number of nitrogens with two attached hydrogens (primary N) is 1. The lowest BCUT2D eigenvalue weighted by Crippen LogP contribution is -2.43. The molecule has 0 aromatic rings. The molecular weight excluding hydrogens is 188 g/mol. The average Bonchev–Trinajstić information content (AvgIpc) is 2.56. The topological polar surface area (TPSA) is 55.1 Å². The van der Waals surface area contributed by atoms with Gasteiger partial charge in [0.15, 0.2) is 0 Å². The summed E-state index contributed by atoms with van der Waals surface area (Å²) in [5, 5.41) is 3.35. The predicted molar refractivity (Wildman–Crippen MR) is 60.2 cm³/mol. The maximum atomic E-state index is 11.4. The molecule has 1 heterocycles. The molecule has 2 rings (SSSR count). The van der Waals surface area contributed by atoms with Crippen molar-refractivity contribution in [2.45, 2.75) is 33.1 Å². The maximum Gasteiger partial charge on any atom is 0.222 e. The quantitative estimate of drug-likeness (QED) is 0.681. The summed E-state index contributed by atoms with van der Waals surface area (Å²) in [5.41, 5.74) is 5.68. The molecule has 4 atom stereocenters. The van der Waals surface area contributed by atoms with Crippen molar-refractivity contribution in [3.8, 4) is 0 Å². The van der Waals surface area contributed by atoms with E-state index in [1.54, 1.807) is 0 Å². The average molecular weight is 210 g/mol. The van der Waals surface area contributed by atoms with Crippen molar-refractivity contribution in [2.75, 3.05) is 13.1 Å². The number of carbonyl (C=O) groups is 1. The lowest BCUT2D eigenvalue weighted by atomic mass is 9.62. The molecule has 2 aliphatic rings. The number of carbonyl (C=O) groups excluding carboxylic acids is 1. The summed E-state index contributed by atoms with van der Waals surface area (Å²) in [5.74, 6) is 1.47. The van der Waals surface area contributed by atoms with Crippen LogP contribution >= 0.6 is 0 Å². The molecule has 0 bridgehead atoms. The van der Waals surface area contributed by atoms with Crippen molar-refractivity contribution in [3.05, 3.63) is 0 Å². The van der Waals surface area contributed by atoms with Gasteiger partial charge < -0.3 is 11.1 Å². The molecule has 2 fully saturated rings. The van der Waals surface area contributed by atoms with E-state index in [2.05, 4.69) is 19.2 Å². The molecular formula is C12H22N2O. The molecule has 1 saturated heterocycles. The Labute approximate surface area is 91.8 Å². The fourth-order valence-electron chi connectivity index (χ4n) is 3.43. The summed E-state index contributed by atoms with van der Waals surface area (Å²) >= 11 is 0. The van der Waals surface area contributed by atoms with E-state index in [0.29, 0.717) is 0 Å². The first-order valence-corrected chi connectivity index (χ1v) is 6.05. The minimum absolute atomic E-state index is 0.0625. The highest BCUT2D eigenvalue weighted by molar-refractivity contribution is 5.78. The summed E-state index contributed by atoms with van der Waals surface area (Å²) in [6.07, 6.45) is 3.57. The number of rotatable bonds is 1. The van der Waals surface area contributed by atoms with Gasteiger partial charge in [0.1, 0.15) is 0 Å². The number of amides is 1. The molecule has 0 radical (unpaired) electrons. The van der Waals surface area contributed by atoms with Crippen LogP contribution < -0.4 is 11.1 Å². The third-order valence-corrected chi connectivity index (χ3v) is 4.71. The van der Waals surface area contributed by atoms with Crippen molar-refractivity contribution in [2.24, 2.45) is 28.9 Å². The highest BCUT2D eigenvalue weighted by Gasteiger charge is 2.48. The largest absolute Gasteiger partial charge is 0.369 e. The van der Waals surface area contributed by atoms with E-state index in [0.717, 1.165) is 31.3 Å². The van der Waals surface area contributed by atoms with Crippen LogP contribution in [0.1, 0.15) is 33.1 Å². The molecule has 15 heavy (non-hydrogen) atoms. The maximum absolute atomic E-state index is 11.4. The smallest absolute Gasteiger partial charge is 0.222 e. The molecule has 4 unspecified atom stereocenters. The molecule has 3 N–H and O–H groups in total. The van der Waals surface area contributed by atoms with Gasteiger partial charge in [-0.05, 0) is 36.5 Å². The zero-order chi connectivity index (χ0) is 11.1. The zero-order valence-corrected chi connectivity index (χ0v) is 9.75. The fraction of sp³-hybridized carbons (Fsp3) is 0.917. The summed E-state index contributed by atoms with van der Waals surface area (Å²) in [4.78, 5) is 11.4. The summed E-state index contributed by atoms with van der Waals surface area (Å²) < 4.78 is 0. The second-order valence-corrected chi connectivity index (χ2v) is 5.65. The van der Waals surface area contributed by atoms with Gasteiger partial charge in [0.25, 0.3) is 0 Å². The van der Waals surface area contributed by atoms with E-state index >= 15 is 0 Å². The van der Waals surface area contributed by atoms with Crippen LogP contribution in [-0.2, 0) is 4.79 Å². The lowest BCUT2D eigenvalue weighted by molar-refractivity contribution is -0.125. The van der Waals surface area contributed by atoms with Crippen LogP contribution in [0.4, 0.5) is 0 Å². The van der Waals surface area contributed by atoms with Gasteiger partial charge in [-0.3, -0.25) is 4.79 Å². The number of hydrogen-bond acceptors (Lipinski definition) is 2. The van der Waals surface area contributed by atoms with Gasteiger partial charge in [-0.15, -0.1) is 0 Å². The normalized spacial score (nSPS) is 45.9. The first-order valence-electron chi connectivity index (χ1n) is 6.05. The first kappa shape index (κ1) is 10.9. The SMILES string of the molecule is CC1CCC2(CNCC2C(N)=O)CC1C. The van der Waals surface area contributed by atoms with E-state index < -0.39 is 0 Å². The van der Waals surface area contributed by atoms with Gasteiger partial charge in [-0.2, -0.15) is 0 Å². The van der Waals surface area contributed by atoms with Gasteiger partial charge in [-0.25, -0.2) is 0 Å². The van der Waals surface area contributed by atoms with Gasteiger partial charge in [0, 0.05) is 13.1 Å². The molecule has 0 aromatic heterocycles. The lowest BCUT2D eigenvalue weighted by Gasteiger charge is -2.42. The second kappa shape index (κ2) is 3.78. The predicted octanol–water partition coefficient (Wildman–Crippen LogP) is 1.13. The van der Waals surface area contributed by atoms with Gasteiger partial charge in [0.2, 0.25) is 5.91 Å². The summed E-state index contributed by atoms with van der Waals surface area (Å²) in [6, 6.07) is 0. The van der Waals surface area contributed by atoms with Gasteiger partial charge >= 0.3 is 0 Å². The van der Waals surface area contributed by atoms with Gasteiger partial charge in [-0.1, -0.05) is 13.8 Å². The summed E-state index contributed by atoms with van der Waals surface area (Å²) in [7, 11) is 0. The Kier molecular flexibility index (Phi) is 2.75. The Hall–Kier alpha value is -0.570. The highest BCUT2D eigenvalue weighted by atomic mass is 16.1. The van der Waals surface area contributed by atoms with E-state index in [1.165, 1.54) is 12.8 Å². The highest BCUT2D eigenvalue weighted by Crippen LogP contribution is 2.48. The van der Waals surface area contributed by atoms with Crippen LogP contribution in [0.5, 0.6) is 0 Å². The zero-order valence-electron chi connectivity index (χ0n) is 9.75. The summed E-state index contributed by atoms with van der Waals surface area (Å²) in [6.45, 7) is 6.40. The van der Waals surface area contributed by atoms with Crippen LogP contribution in [0.15, 0.2) is 0 Å². The Morgan fingerprint density at radius 2 is 2.13 bits per heavy atom. The number of hydrogen-bond donors (Lipinski definition) is 2. The third kappa shape index (κ3) is 1.78. The molecule has 0 aromatic carbocycles. The van der Waals surface area contributed by atoms with Crippen LogP contribution in [0.2, 0.25) is 0 Å². The number of nitrogens with one attached hydrogen (secondary N) is 1. The van der Waals surface area contributed by atoms with E-state index in [1.807, 2.05) is 0 Å². The molecule has 86 valence electrons. The Bertz CT molecular complexity index is 266. The standard InChI is InChI=1S/C12H22N2O/c1-8-3-4-12(5-9(8)2)7-14-6-10(12)11(13)15/h8-10,14H,3-7H2,1-2H3,(H2,13,15). The van der Waals surface area contributed by atoms with Crippen molar-refractivity contribution in [1.82, 2.24) is 5.32 Å². The van der Waals surface area contributed by atoms with Crippen molar-refractivity contribution >= 4 is 5.91 Å². The minimum atomic E-state index is -0.109. The molecule has 3 nitrogen and oxygen atoms in total. The molecule has 3 heteroatoms. The molecule has 1 aliphatic carbocycles. The minimum Gasteiger partial charge on any atom is -0.369 e. The number of primary amides is 1. The van der Waals surface area contributed by atoms with E-state index in [-0.39, 0.29) is 17.2 Å². The van der Waals surface area contributed by atoms with Crippen molar-refractivity contribution in [3.63, 3.8) is 0 Å². The van der Waals surface area contributed by atoms with Gasteiger partial charge in [0.05, 0.1) is 5.92 Å². The Balaban J connectivity index is 2.15. The molecule has 1 spiro atoms. The van der Waals surface area contributed by atoms with E-state index in [9.17, 15) is 4.79 Å². The second-order valence-electron chi connectivity index (χ2n) is 5.65.